The van der Waals surface area contributed by atoms with Gasteiger partial charge in [-0.2, -0.15) is 0 Å². The predicted octanol–water partition coefficient (Wildman–Crippen LogP) is 5.77. The van der Waals surface area contributed by atoms with Crippen LogP contribution >= 0.6 is 0 Å². The molecular weight excluding hydrogens is 256 g/mol. The van der Waals surface area contributed by atoms with E-state index >= 15 is 0 Å². The Hall–Kier alpha value is -0.330. The molecule has 0 aromatic heterocycles. The zero-order valence-corrected chi connectivity index (χ0v) is 14.0. The summed E-state index contributed by atoms with van der Waals surface area (Å²) >= 11 is 0. The lowest BCUT2D eigenvalue weighted by Crippen LogP contribution is -2.34. The highest BCUT2D eigenvalue weighted by Crippen LogP contribution is 2.47. The van der Waals surface area contributed by atoms with E-state index in [2.05, 4.69) is 6.92 Å². The van der Waals surface area contributed by atoms with Crippen molar-refractivity contribution in [3.63, 3.8) is 0 Å². The van der Waals surface area contributed by atoms with Crippen LogP contribution in [-0.4, -0.2) is 5.78 Å². The van der Waals surface area contributed by atoms with E-state index in [4.69, 9.17) is 0 Å². The van der Waals surface area contributed by atoms with Gasteiger partial charge < -0.3 is 0 Å². The average molecular weight is 290 g/mol. The van der Waals surface area contributed by atoms with Gasteiger partial charge in [0.15, 0.2) is 0 Å². The van der Waals surface area contributed by atoms with Crippen molar-refractivity contribution < 1.29 is 4.79 Å². The minimum Gasteiger partial charge on any atom is -0.300 e. The van der Waals surface area contributed by atoms with Crippen molar-refractivity contribution in [2.75, 3.05) is 0 Å². The smallest absolute Gasteiger partial charge is 0.133 e. The minimum absolute atomic E-state index is 0.547. The summed E-state index contributed by atoms with van der Waals surface area (Å²) in [6.45, 7) is 2.32. The van der Waals surface area contributed by atoms with Crippen molar-refractivity contribution in [1.29, 1.82) is 0 Å². The molecule has 21 heavy (non-hydrogen) atoms. The van der Waals surface area contributed by atoms with Gasteiger partial charge in [-0.15, -0.1) is 0 Å². The summed E-state index contributed by atoms with van der Waals surface area (Å²) in [4.78, 5) is 11.6. The molecule has 0 N–H and O–H groups in total. The van der Waals surface area contributed by atoms with Crippen LogP contribution in [0.5, 0.6) is 0 Å². The highest BCUT2D eigenvalue weighted by atomic mass is 16.1. The third-order valence-corrected chi connectivity index (χ3v) is 6.99. The first-order valence-electron chi connectivity index (χ1n) is 9.78. The standard InChI is InChI=1S/C20H34O/c1-2-3-4-15-5-7-16(8-6-15)17-9-10-19-14-20(21)12-11-18(19)13-17/h15-19H,2-14H2,1H3. The first-order valence-corrected chi connectivity index (χ1v) is 9.78. The molecule has 0 spiro atoms. The van der Waals surface area contributed by atoms with Crippen molar-refractivity contribution >= 4 is 5.78 Å². The molecule has 1 heteroatoms. The van der Waals surface area contributed by atoms with Gasteiger partial charge in [0, 0.05) is 12.8 Å². The normalized spacial score (nSPS) is 40.8. The van der Waals surface area contributed by atoms with E-state index < -0.39 is 0 Å². The van der Waals surface area contributed by atoms with Crippen LogP contribution in [0.2, 0.25) is 0 Å². The number of carbonyl (C=O) groups is 1. The number of Topliss-reactive ketones (excluding diaryl/α,β-unsaturated/α-hetero) is 1. The quantitative estimate of drug-likeness (QED) is 0.642. The summed E-state index contributed by atoms with van der Waals surface area (Å²) in [6, 6.07) is 0. The highest BCUT2D eigenvalue weighted by molar-refractivity contribution is 5.79. The van der Waals surface area contributed by atoms with E-state index in [1.165, 1.54) is 70.6 Å². The van der Waals surface area contributed by atoms with Crippen LogP contribution < -0.4 is 0 Å². The molecule has 0 heterocycles. The molecule has 3 rings (SSSR count). The molecule has 3 unspecified atom stereocenters. The molecular formula is C20H34O. The topological polar surface area (TPSA) is 17.1 Å². The van der Waals surface area contributed by atoms with Crippen LogP contribution in [0.4, 0.5) is 0 Å². The number of hydrogen-bond acceptors (Lipinski definition) is 1. The Bertz CT molecular complexity index is 340. The van der Waals surface area contributed by atoms with E-state index in [9.17, 15) is 4.79 Å². The zero-order valence-electron chi connectivity index (χ0n) is 14.0. The van der Waals surface area contributed by atoms with Crippen LogP contribution in [0, 0.1) is 29.6 Å². The molecule has 3 saturated carbocycles. The summed E-state index contributed by atoms with van der Waals surface area (Å²) in [5.41, 5.74) is 0. The Morgan fingerprint density at radius 1 is 0.857 bits per heavy atom. The van der Waals surface area contributed by atoms with Gasteiger partial charge in [0.1, 0.15) is 5.78 Å². The number of rotatable bonds is 4. The Morgan fingerprint density at radius 2 is 1.52 bits per heavy atom. The number of carbonyl (C=O) groups excluding carboxylic acids is 1. The first-order chi connectivity index (χ1) is 10.3. The van der Waals surface area contributed by atoms with Crippen molar-refractivity contribution in [2.24, 2.45) is 29.6 Å². The molecule has 0 aromatic carbocycles. The maximum Gasteiger partial charge on any atom is 0.133 e. The summed E-state index contributed by atoms with van der Waals surface area (Å²) in [7, 11) is 0. The average Bonchev–Trinajstić information content (AvgIpc) is 2.53. The fourth-order valence-electron chi connectivity index (χ4n) is 5.60. The predicted molar refractivity (Wildman–Crippen MR) is 88.2 cm³/mol. The van der Waals surface area contributed by atoms with Gasteiger partial charge in [-0.25, -0.2) is 0 Å². The maximum absolute atomic E-state index is 11.6. The summed E-state index contributed by atoms with van der Waals surface area (Å²) < 4.78 is 0. The molecule has 0 radical (unpaired) electrons. The fraction of sp³-hybridized carbons (Fsp3) is 0.950. The van der Waals surface area contributed by atoms with Crippen LogP contribution in [-0.2, 0) is 4.79 Å². The van der Waals surface area contributed by atoms with E-state index in [1.54, 1.807) is 0 Å². The van der Waals surface area contributed by atoms with E-state index in [-0.39, 0.29) is 0 Å². The third kappa shape index (κ3) is 3.90. The Balaban J connectivity index is 1.45. The van der Waals surface area contributed by atoms with Gasteiger partial charge in [0.2, 0.25) is 0 Å². The lowest BCUT2D eigenvalue weighted by atomic mass is 9.62. The molecule has 3 aliphatic carbocycles. The third-order valence-electron chi connectivity index (χ3n) is 6.99. The number of fused-ring (bicyclic) bond motifs is 1. The molecule has 3 fully saturated rings. The molecule has 1 nitrogen and oxygen atoms in total. The second-order valence-corrected chi connectivity index (χ2v) is 8.30. The van der Waals surface area contributed by atoms with Crippen LogP contribution in [0.3, 0.4) is 0 Å². The fourth-order valence-corrected chi connectivity index (χ4v) is 5.60. The van der Waals surface area contributed by atoms with Crippen molar-refractivity contribution in [1.82, 2.24) is 0 Å². The molecule has 0 bridgehead atoms. The molecule has 3 aliphatic rings. The number of ketones is 1. The lowest BCUT2D eigenvalue weighted by Gasteiger charge is -2.43. The van der Waals surface area contributed by atoms with Crippen LogP contribution in [0.15, 0.2) is 0 Å². The first kappa shape index (κ1) is 15.6. The van der Waals surface area contributed by atoms with Gasteiger partial charge >= 0.3 is 0 Å². The minimum atomic E-state index is 0.547. The second kappa shape index (κ2) is 7.29. The van der Waals surface area contributed by atoms with Crippen molar-refractivity contribution in [2.45, 2.75) is 90.4 Å². The Labute approximate surface area is 131 Å². The van der Waals surface area contributed by atoms with Gasteiger partial charge in [-0.05, 0) is 68.1 Å². The largest absolute Gasteiger partial charge is 0.300 e. The maximum atomic E-state index is 11.6. The molecule has 3 atom stereocenters. The number of hydrogen-bond donors (Lipinski definition) is 0. The van der Waals surface area contributed by atoms with Gasteiger partial charge in [-0.3, -0.25) is 4.79 Å². The second-order valence-electron chi connectivity index (χ2n) is 8.30. The zero-order chi connectivity index (χ0) is 14.7. The monoisotopic (exact) mass is 290 g/mol. The van der Waals surface area contributed by atoms with Gasteiger partial charge in [0.25, 0.3) is 0 Å². The molecule has 0 aliphatic heterocycles. The summed E-state index contributed by atoms with van der Waals surface area (Å²) in [5, 5.41) is 0. The molecule has 0 saturated heterocycles. The highest BCUT2D eigenvalue weighted by Gasteiger charge is 2.38. The lowest BCUT2D eigenvalue weighted by molar-refractivity contribution is -0.123. The van der Waals surface area contributed by atoms with Crippen LogP contribution in [0.1, 0.15) is 90.4 Å². The van der Waals surface area contributed by atoms with Gasteiger partial charge in [0.05, 0.1) is 0 Å². The summed E-state index contributed by atoms with van der Waals surface area (Å²) in [5.74, 6) is 5.30. The van der Waals surface area contributed by atoms with Crippen LogP contribution in [0.25, 0.3) is 0 Å². The molecule has 120 valence electrons. The van der Waals surface area contributed by atoms with E-state index in [1.807, 2.05) is 0 Å². The van der Waals surface area contributed by atoms with Gasteiger partial charge in [-0.1, -0.05) is 39.0 Å². The van der Waals surface area contributed by atoms with Crippen molar-refractivity contribution in [3.05, 3.63) is 0 Å². The molecule has 0 aromatic rings. The van der Waals surface area contributed by atoms with Crippen molar-refractivity contribution in [3.8, 4) is 0 Å². The van der Waals surface area contributed by atoms with E-state index in [0.29, 0.717) is 5.78 Å². The number of unbranched alkanes of at least 4 members (excludes halogenated alkanes) is 1. The molecule has 0 amide bonds. The Kier molecular flexibility index (Phi) is 5.40. The summed E-state index contributed by atoms with van der Waals surface area (Å²) in [6.07, 6.45) is 17.6. The Morgan fingerprint density at radius 3 is 2.29 bits per heavy atom. The SMILES string of the molecule is CCCCC1CCC(C2CCC3CC(=O)CCC3C2)CC1. The van der Waals surface area contributed by atoms with E-state index in [0.717, 1.165) is 42.4 Å².